The second-order valence-corrected chi connectivity index (χ2v) is 15.2. The van der Waals surface area contributed by atoms with Crippen LogP contribution < -0.4 is 20.7 Å². The first kappa shape index (κ1) is 34.6. The molecule has 3 N–H and O–H groups in total. The lowest BCUT2D eigenvalue weighted by atomic mass is 9.94. The number of amides is 3. The summed E-state index contributed by atoms with van der Waals surface area (Å²) in [4.78, 5) is 61.7. The molecule has 4 heterocycles. The Labute approximate surface area is 259 Å². The number of aromatic nitrogens is 2. The van der Waals surface area contributed by atoms with Gasteiger partial charge in [0.05, 0.1) is 6.61 Å². The van der Waals surface area contributed by atoms with E-state index in [0.717, 1.165) is 12.0 Å². The molecule has 0 bridgehead atoms. The number of H-pyrrole nitrogens is 1. The quantitative estimate of drug-likeness (QED) is 0.306. The monoisotopic (exact) mass is 661 g/mol. The standard InChI is InChI=1S/C26H40N5O13P/c1-24(2,3)41-21(34)30-17-14(27-13-15(32)16-12(40-19(13)30)11-39-45(37,38-10)44-16)18(33)29-20(28-17)31(22(35)42-25(4,5)6)23(36)43-26(7,8)9/h12-13,15-16,19,27,32H,11H2,1-10H3,(H,28,29,33)/t12-,13+,15-,16+,19-,45?/m1/s1. The Hall–Kier alpha value is -3.28. The number of carbonyl (C=O) groups is 3. The Morgan fingerprint density at radius 3 is 2.07 bits per heavy atom. The minimum absolute atomic E-state index is 0.343. The Kier molecular flexibility index (Phi) is 9.09. The Morgan fingerprint density at radius 2 is 1.56 bits per heavy atom. The first-order chi connectivity index (χ1) is 20.5. The third-order valence-electron chi connectivity index (χ3n) is 6.20. The number of nitrogens with one attached hydrogen (secondary N) is 2. The van der Waals surface area contributed by atoms with Gasteiger partial charge in [-0.15, -0.1) is 4.90 Å². The fraction of sp³-hybridized carbons (Fsp3) is 0.731. The number of hydrogen-bond acceptors (Lipinski definition) is 15. The van der Waals surface area contributed by atoms with Crippen LogP contribution in [0.3, 0.4) is 0 Å². The maximum absolute atomic E-state index is 13.7. The average molecular weight is 662 g/mol. The Bertz CT molecular complexity index is 1420. The number of anilines is 3. The normalized spacial score (nSPS) is 28.1. The molecule has 0 spiro atoms. The second-order valence-electron chi connectivity index (χ2n) is 13.5. The van der Waals surface area contributed by atoms with Crippen molar-refractivity contribution in [2.75, 3.05) is 28.8 Å². The molecule has 252 valence electrons. The molecular weight excluding hydrogens is 621 g/mol. The molecule has 45 heavy (non-hydrogen) atoms. The Morgan fingerprint density at radius 1 is 1.00 bits per heavy atom. The molecule has 3 aliphatic rings. The van der Waals surface area contributed by atoms with Crippen molar-refractivity contribution in [2.24, 2.45) is 0 Å². The van der Waals surface area contributed by atoms with E-state index < -0.39 is 90.8 Å². The molecule has 3 amide bonds. The molecule has 0 aromatic carbocycles. The third kappa shape index (κ3) is 7.58. The van der Waals surface area contributed by atoms with E-state index in [4.69, 9.17) is 32.5 Å². The van der Waals surface area contributed by atoms with Gasteiger partial charge in [0.2, 0.25) is 5.95 Å². The third-order valence-corrected chi connectivity index (χ3v) is 7.61. The molecule has 3 aliphatic heterocycles. The Balaban J connectivity index is 1.85. The number of carbonyl (C=O) groups excluding carboxylic acids is 3. The van der Waals surface area contributed by atoms with Crippen LogP contribution in [0.25, 0.3) is 0 Å². The van der Waals surface area contributed by atoms with Crippen LogP contribution >= 0.6 is 7.82 Å². The first-order valence-electron chi connectivity index (χ1n) is 14.0. The molecule has 4 rings (SSSR count). The molecule has 2 saturated heterocycles. The van der Waals surface area contributed by atoms with E-state index in [1.807, 2.05) is 0 Å². The zero-order valence-corrected chi connectivity index (χ0v) is 27.6. The van der Waals surface area contributed by atoms with Gasteiger partial charge in [0.25, 0.3) is 5.56 Å². The number of aromatic amines is 1. The molecule has 1 aromatic rings. The molecule has 1 aromatic heterocycles. The zero-order chi connectivity index (χ0) is 33.9. The lowest BCUT2D eigenvalue weighted by molar-refractivity contribution is -0.198. The predicted molar refractivity (Wildman–Crippen MR) is 156 cm³/mol. The summed E-state index contributed by atoms with van der Waals surface area (Å²) in [5.74, 6) is -1.05. The summed E-state index contributed by atoms with van der Waals surface area (Å²) < 4.78 is 50.6. The number of aliphatic hydroxyl groups excluding tert-OH is 1. The van der Waals surface area contributed by atoms with Gasteiger partial charge in [-0.2, -0.15) is 4.98 Å². The van der Waals surface area contributed by atoms with E-state index in [1.54, 1.807) is 62.3 Å². The van der Waals surface area contributed by atoms with Gasteiger partial charge in [-0.3, -0.25) is 23.3 Å². The van der Waals surface area contributed by atoms with Crippen molar-refractivity contribution in [3.05, 3.63) is 10.4 Å². The number of phosphoric ester groups is 1. The summed E-state index contributed by atoms with van der Waals surface area (Å²) >= 11 is 0. The summed E-state index contributed by atoms with van der Waals surface area (Å²) in [6.07, 6.45) is -8.74. The minimum atomic E-state index is -4.02. The molecule has 19 heteroatoms. The lowest BCUT2D eigenvalue weighted by Gasteiger charge is -2.51. The maximum atomic E-state index is 13.7. The van der Waals surface area contributed by atoms with Crippen molar-refractivity contribution in [1.82, 2.24) is 9.97 Å². The number of rotatable bonds is 2. The van der Waals surface area contributed by atoms with Crippen molar-refractivity contribution >= 4 is 43.6 Å². The van der Waals surface area contributed by atoms with E-state index in [2.05, 4.69) is 15.3 Å². The minimum Gasteiger partial charge on any atom is -0.443 e. The molecule has 2 fully saturated rings. The van der Waals surface area contributed by atoms with Crippen molar-refractivity contribution in [1.29, 1.82) is 0 Å². The molecule has 18 nitrogen and oxygen atoms in total. The first-order valence-corrected chi connectivity index (χ1v) is 15.5. The van der Waals surface area contributed by atoms with E-state index in [1.165, 1.54) is 0 Å². The number of aliphatic hydroxyl groups is 1. The van der Waals surface area contributed by atoms with Crippen molar-refractivity contribution in [3.8, 4) is 0 Å². The maximum Gasteiger partial charge on any atom is 0.475 e. The zero-order valence-electron chi connectivity index (χ0n) is 26.7. The van der Waals surface area contributed by atoms with Crippen LogP contribution in [0.4, 0.5) is 31.8 Å². The molecule has 6 atom stereocenters. The van der Waals surface area contributed by atoms with Crippen molar-refractivity contribution in [2.45, 2.75) is 110 Å². The van der Waals surface area contributed by atoms with Crippen LogP contribution in [0.1, 0.15) is 62.3 Å². The van der Waals surface area contributed by atoms with E-state index in [0.29, 0.717) is 4.90 Å². The van der Waals surface area contributed by atoms with Gasteiger partial charge >= 0.3 is 26.1 Å². The number of nitrogens with zero attached hydrogens (tertiary/aromatic N) is 3. The number of imide groups is 1. The van der Waals surface area contributed by atoms with Crippen LogP contribution in [0.2, 0.25) is 0 Å². The van der Waals surface area contributed by atoms with Crippen molar-refractivity contribution in [3.63, 3.8) is 0 Å². The molecule has 0 aliphatic carbocycles. The second kappa shape index (κ2) is 11.8. The summed E-state index contributed by atoms with van der Waals surface area (Å²) in [6, 6.07) is -1.25. The van der Waals surface area contributed by atoms with Crippen molar-refractivity contribution < 1.29 is 56.6 Å². The highest BCUT2D eigenvalue weighted by Gasteiger charge is 2.57. The van der Waals surface area contributed by atoms with Gasteiger partial charge in [0, 0.05) is 7.11 Å². The highest BCUT2D eigenvalue weighted by Crippen LogP contribution is 2.55. The van der Waals surface area contributed by atoms with Crippen LogP contribution in [-0.4, -0.2) is 94.5 Å². The van der Waals surface area contributed by atoms with Crippen LogP contribution in [0.15, 0.2) is 4.79 Å². The van der Waals surface area contributed by atoms with Crippen LogP contribution in [0, 0.1) is 0 Å². The highest BCUT2D eigenvalue weighted by atomic mass is 31.2. The average Bonchev–Trinajstić information content (AvgIpc) is 2.85. The summed E-state index contributed by atoms with van der Waals surface area (Å²) in [7, 11) is -2.91. The number of phosphoric acid groups is 1. The number of fused-ring (bicyclic) bond motifs is 3. The van der Waals surface area contributed by atoms with Crippen LogP contribution in [-0.2, 0) is 37.1 Å². The topological polar surface area (TPSA) is 217 Å². The van der Waals surface area contributed by atoms with Gasteiger partial charge < -0.3 is 29.4 Å². The smallest absolute Gasteiger partial charge is 0.443 e. The fourth-order valence-electron chi connectivity index (χ4n) is 4.53. The molecule has 1 unspecified atom stereocenters. The summed E-state index contributed by atoms with van der Waals surface area (Å²) in [5, 5.41) is 14.2. The lowest BCUT2D eigenvalue weighted by Crippen LogP contribution is -2.70. The van der Waals surface area contributed by atoms with E-state index >= 15 is 0 Å². The number of ether oxygens (including phenoxy) is 4. The van der Waals surface area contributed by atoms with Gasteiger partial charge in [-0.25, -0.2) is 23.8 Å². The van der Waals surface area contributed by atoms with Crippen LogP contribution in [0.5, 0.6) is 0 Å². The number of hydrogen-bond donors (Lipinski definition) is 3. The van der Waals surface area contributed by atoms with Gasteiger partial charge in [-0.1, -0.05) is 0 Å². The van der Waals surface area contributed by atoms with Gasteiger partial charge in [0.15, 0.2) is 12.0 Å². The van der Waals surface area contributed by atoms with Gasteiger partial charge in [-0.05, 0) is 62.3 Å². The predicted octanol–water partition coefficient (Wildman–Crippen LogP) is 3.24. The summed E-state index contributed by atoms with van der Waals surface area (Å²) in [6.45, 7) is 13.9. The van der Waals surface area contributed by atoms with E-state index in [9.17, 15) is 28.8 Å². The highest BCUT2D eigenvalue weighted by molar-refractivity contribution is 7.48. The molecule has 0 radical (unpaired) electrons. The molecule has 0 saturated carbocycles. The largest absolute Gasteiger partial charge is 0.475 e. The van der Waals surface area contributed by atoms with Gasteiger partial charge in [0.1, 0.15) is 46.8 Å². The van der Waals surface area contributed by atoms with E-state index in [-0.39, 0.29) is 12.3 Å². The molecular formula is C26H40N5O13P. The summed E-state index contributed by atoms with van der Waals surface area (Å²) in [5.41, 5.74) is -4.48. The fourth-order valence-corrected chi connectivity index (χ4v) is 5.67. The SMILES string of the molecule is COP1(=O)OC[C@H]2O[C@@H]3[C@@H](Nc4c(nc(N(C(=O)OC(C)(C)C)C(=O)OC(C)(C)C)[nH]c4=O)N3C(=O)OC(C)(C)C)[C@@H](O)[C@H]2O1.